The van der Waals surface area contributed by atoms with Gasteiger partial charge in [0.2, 0.25) is 17.7 Å². The molecule has 3 rings (SSSR count). The van der Waals surface area contributed by atoms with Gasteiger partial charge in [0, 0.05) is 18.2 Å². The van der Waals surface area contributed by atoms with Crippen LogP contribution in [-0.2, 0) is 14.4 Å². The molecule has 1 aliphatic rings. The Hall–Kier alpha value is -3.19. The molecule has 7 nitrogen and oxygen atoms in total. The van der Waals surface area contributed by atoms with Crippen LogP contribution in [0.2, 0.25) is 0 Å². The van der Waals surface area contributed by atoms with Crippen molar-refractivity contribution in [2.45, 2.75) is 32.4 Å². The maximum absolute atomic E-state index is 13.1. The zero-order chi connectivity index (χ0) is 21.0. The Morgan fingerprint density at radius 3 is 2.55 bits per heavy atom. The lowest BCUT2D eigenvalue weighted by atomic mass is 10.1. The molecule has 152 valence electrons. The van der Waals surface area contributed by atoms with Crippen LogP contribution in [0.15, 0.2) is 54.6 Å². The van der Waals surface area contributed by atoms with E-state index in [-0.39, 0.29) is 36.7 Å². The van der Waals surface area contributed by atoms with Crippen molar-refractivity contribution in [1.29, 1.82) is 0 Å². The molecule has 0 aliphatic carbocycles. The molecule has 0 radical (unpaired) electrons. The molecular weight excluding hydrogens is 368 g/mol. The minimum absolute atomic E-state index is 0.0518. The number of likely N-dealkylation sites (N-methyl/N-ethyl adjacent to an activating group) is 1. The maximum Gasteiger partial charge on any atom is 0.241 e. The molecule has 0 saturated carbocycles. The molecule has 7 heteroatoms. The molecule has 0 fully saturated rings. The number of para-hydroxylation sites is 3. The van der Waals surface area contributed by atoms with E-state index in [0.717, 1.165) is 0 Å². The first kappa shape index (κ1) is 20.5. The van der Waals surface area contributed by atoms with Gasteiger partial charge in [0.1, 0.15) is 0 Å². The van der Waals surface area contributed by atoms with Crippen LogP contribution in [-0.4, -0.2) is 48.3 Å². The van der Waals surface area contributed by atoms with Crippen LogP contribution in [0.3, 0.4) is 0 Å². The summed E-state index contributed by atoms with van der Waals surface area (Å²) in [6.45, 7) is 3.66. The normalized spacial score (nSPS) is 17.2. The molecule has 0 aromatic heterocycles. The zero-order valence-corrected chi connectivity index (χ0v) is 16.9. The SMILES string of the molecule is CC(C(=O)Nc1ccccc1)N(C)CC(=O)N1c2ccccc2NC(=O)CC1C. The van der Waals surface area contributed by atoms with Gasteiger partial charge in [0.15, 0.2) is 0 Å². The van der Waals surface area contributed by atoms with Gasteiger partial charge in [-0.1, -0.05) is 30.3 Å². The fourth-order valence-electron chi connectivity index (χ4n) is 3.36. The van der Waals surface area contributed by atoms with E-state index in [2.05, 4.69) is 10.6 Å². The summed E-state index contributed by atoms with van der Waals surface area (Å²) in [5.74, 6) is -0.472. The Bertz CT molecular complexity index is 900. The van der Waals surface area contributed by atoms with Crippen molar-refractivity contribution in [3.63, 3.8) is 0 Å². The highest BCUT2D eigenvalue weighted by Gasteiger charge is 2.31. The van der Waals surface area contributed by atoms with Crippen molar-refractivity contribution >= 4 is 34.8 Å². The number of carbonyl (C=O) groups is 3. The molecular formula is C22H26N4O3. The highest BCUT2D eigenvalue weighted by Crippen LogP contribution is 2.31. The van der Waals surface area contributed by atoms with Crippen molar-refractivity contribution in [2.75, 3.05) is 29.1 Å². The summed E-state index contributed by atoms with van der Waals surface area (Å²) in [5.41, 5.74) is 2.00. The first-order valence-electron chi connectivity index (χ1n) is 9.64. The van der Waals surface area contributed by atoms with E-state index in [1.165, 1.54) is 0 Å². The van der Waals surface area contributed by atoms with Crippen LogP contribution in [0.5, 0.6) is 0 Å². The second-order valence-electron chi connectivity index (χ2n) is 7.33. The lowest BCUT2D eigenvalue weighted by molar-refractivity contribution is -0.123. The van der Waals surface area contributed by atoms with E-state index in [0.29, 0.717) is 17.1 Å². The number of rotatable bonds is 5. The first-order valence-corrected chi connectivity index (χ1v) is 9.64. The number of hydrogen-bond donors (Lipinski definition) is 2. The van der Waals surface area contributed by atoms with Crippen LogP contribution >= 0.6 is 0 Å². The number of amides is 3. The molecule has 2 atom stereocenters. The Morgan fingerprint density at radius 1 is 1.17 bits per heavy atom. The second kappa shape index (κ2) is 8.87. The van der Waals surface area contributed by atoms with Crippen LogP contribution in [0.4, 0.5) is 17.1 Å². The minimum atomic E-state index is -0.503. The highest BCUT2D eigenvalue weighted by atomic mass is 16.2. The van der Waals surface area contributed by atoms with Crippen LogP contribution in [0.25, 0.3) is 0 Å². The van der Waals surface area contributed by atoms with E-state index in [1.807, 2.05) is 55.5 Å². The van der Waals surface area contributed by atoms with Gasteiger partial charge in [-0.3, -0.25) is 19.3 Å². The summed E-state index contributed by atoms with van der Waals surface area (Å²) in [6, 6.07) is 15.7. The van der Waals surface area contributed by atoms with Crippen LogP contribution < -0.4 is 15.5 Å². The number of nitrogens with one attached hydrogen (secondary N) is 2. The van der Waals surface area contributed by atoms with E-state index in [1.54, 1.807) is 29.8 Å². The van der Waals surface area contributed by atoms with Crippen molar-refractivity contribution in [1.82, 2.24) is 4.90 Å². The molecule has 3 amide bonds. The predicted molar refractivity (Wildman–Crippen MR) is 114 cm³/mol. The summed E-state index contributed by atoms with van der Waals surface area (Å²) in [5, 5.41) is 5.70. The standard InChI is InChI=1S/C22H26N4O3/c1-15-13-20(27)24-18-11-7-8-12-19(18)26(15)21(28)14-25(3)16(2)22(29)23-17-9-5-4-6-10-17/h4-12,15-16H,13-14H2,1-3H3,(H,23,29)(H,24,27). The zero-order valence-electron chi connectivity index (χ0n) is 16.9. The first-order chi connectivity index (χ1) is 13.9. The van der Waals surface area contributed by atoms with Gasteiger partial charge in [-0.2, -0.15) is 0 Å². The van der Waals surface area contributed by atoms with Gasteiger partial charge in [0.05, 0.1) is 24.0 Å². The third kappa shape index (κ3) is 4.81. The molecule has 0 bridgehead atoms. The Balaban J connectivity index is 1.71. The molecule has 2 aromatic carbocycles. The summed E-state index contributed by atoms with van der Waals surface area (Å²) in [6.07, 6.45) is 0.216. The van der Waals surface area contributed by atoms with E-state index >= 15 is 0 Å². The third-order valence-corrected chi connectivity index (χ3v) is 5.09. The van der Waals surface area contributed by atoms with Gasteiger partial charge in [-0.25, -0.2) is 0 Å². The fraction of sp³-hybridized carbons (Fsp3) is 0.318. The monoisotopic (exact) mass is 394 g/mol. The second-order valence-corrected chi connectivity index (χ2v) is 7.33. The lowest BCUT2D eigenvalue weighted by Crippen LogP contribution is -2.48. The quantitative estimate of drug-likeness (QED) is 0.817. The number of hydrogen-bond acceptors (Lipinski definition) is 4. The average molecular weight is 394 g/mol. The number of carbonyl (C=O) groups excluding carboxylic acids is 3. The van der Waals surface area contributed by atoms with Gasteiger partial charge in [-0.15, -0.1) is 0 Å². The average Bonchev–Trinajstić information content (AvgIpc) is 2.82. The van der Waals surface area contributed by atoms with Crippen molar-refractivity contribution in [3.8, 4) is 0 Å². The van der Waals surface area contributed by atoms with Crippen molar-refractivity contribution in [3.05, 3.63) is 54.6 Å². The Labute approximate surface area is 170 Å². The summed E-state index contributed by atoms with van der Waals surface area (Å²) in [4.78, 5) is 41.1. The molecule has 0 saturated heterocycles. The van der Waals surface area contributed by atoms with Gasteiger partial charge < -0.3 is 15.5 Å². The topological polar surface area (TPSA) is 81.8 Å². The predicted octanol–water partition coefficient (Wildman–Crippen LogP) is 2.71. The Kier molecular flexibility index (Phi) is 6.29. The fourth-order valence-corrected chi connectivity index (χ4v) is 3.36. The smallest absolute Gasteiger partial charge is 0.241 e. The van der Waals surface area contributed by atoms with E-state index in [9.17, 15) is 14.4 Å². The van der Waals surface area contributed by atoms with Gasteiger partial charge in [-0.05, 0) is 45.2 Å². The molecule has 29 heavy (non-hydrogen) atoms. The Morgan fingerprint density at radius 2 is 1.83 bits per heavy atom. The third-order valence-electron chi connectivity index (χ3n) is 5.09. The molecule has 1 heterocycles. The number of benzene rings is 2. The summed E-state index contributed by atoms with van der Waals surface area (Å²) in [7, 11) is 1.74. The number of nitrogens with zero attached hydrogens (tertiary/aromatic N) is 2. The largest absolute Gasteiger partial charge is 0.325 e. The number of anilines is 3. The molecule has 2 N–H and O–H groups in total. The van der Waals surface area contributed by atoms with E-state index in [4.69, 9.17) is 0 Å². The lowest BCUT2D eigenvalue weighted by Gasteiger charge is -2.31. The molecule has 0 spiro atoms. The van der Waals surface area contributed by atoms with Gasteiger partial charge >= 0.3 is 0 Å². The van der Waals surface area contributed by atoms with Crippen molar-refractivity contribution in [2.24, 2.45) is 0 Å². The molecule has 1 aliphatic heterocycles. The maximum atomic E-state index is 13.1. The van der Waals surface area contributed by atoms with Gasteiger partial charge in [0.25, 0.3) is 0 Å². The van der Waals surface area contributed by atoms with E-state index < -0.39 is 6.04 Å². The van der Waals surface area contributed by atoms with Crippen molar-refractivity contribution < 1.29 is 14.4 Å². The molecule has 2 aromatic rings. The number of fused-ring (bicyclic) bond motifs is 1. The highest BCUT2D eigenvalue weighted by molar-refractivity contribution is 6.05. The van der Waals surface area contributed by atoms with Crippen LogP contribution in [0.1, 0.15) is 20.3 Å². The summed E-state index contributed by atoms with van der Waals surface area (Å²) >= 11 is 0. The van der Waals surface area contributed by atoms with Crippen LogP contribution in [0, 0.1) is 0 Å². The minimum Gasteiger partial charge on any atom is -0.325 e. The summed E-state index contributed by atoms with van der Waals surface area (Å²) < 4.78 is 0. The molecule has 2 unspecified atom stereocenters.